The van der Waals surface area contributed by atoms with E-state index in [1.807, 2.05) is 0 Å². The summed E-state index contributed by atoms with van der Waals surface area (Å²) in [7, 11) is 0. The highest BCUT2D eigenvalue weighted by molar-refractivity contribution is 5.66. The minimum atomic E-state index is -0.701. The molecule has 0 aliphatic rings. The van der Waals surface area contributed by atoms with E-state index in [2.05, 4.69) is 79.8 Å². The highest BCUT2D eigenvalue weighted by Crippen LogP contribution is 2.02. The number of carbonyl (C=O) groups is 1. The molecule has 0 amide bonds. The summed E-state index contributed by atoms with van der Waals surface area (Å²) in [5, 5.41) is 8.53. The van der Waals surface area contributed by atoms with Gasteiger partial charge in [-0.15, -0.1) is 0 Å². The van der Waals surface area contributed by atoms with Gasteiger partial charge < -0.3 is 5.11 Å². The van der Waals surface area contributed by atoms with Crippen molar-refractivity contribution in [3.05, 3.63) is 72.9 Å². The lowest BCUT2D eigenvalue weighted by atomic mass is 10.2. The van der Waals surface area contributed by atoms with Crippen molar-refractivity contribution in [1.82, 2.24) is 0 Å². The third-order valence-electron chi connectivity index (χ3n) is 3.61. The van der Waals surface area contributed by atoms with Gasteiger partial charge in [0.05, 0.1) is 0 Å². The Bertz CT molecular complexity index is 490. The van der Waals surface area contributed by atoms with Crippen LogP contribution in [0.4, 0.5) is 0 Å². The van der Waals surface area contributed by atoms with Crippen LogP contribution in [0.15, 0.2) is 72.9 Å². The van der Waals surface area contributed by atoms with Crippen LogP contribution in [0.1, 0.15) is 71.1 Å². The number of rotatable bonds is 16. The second-order valence-corrected chi connectivity index (χ2v) is 6.05. The molecule has 0 aromatic rings. The molecule has 0 atom stereocenters. The Morgan fingerprint density at radius 2 is 1.00 bits per heavy atom. The molecule has 2 heteroatoms. The molecule has 0 bridgehead atoms. The summed E-state index contributed by atoms with van der Waals surface area (Å²) < 4.78 is 0. The molecule has 26 heavy (non-hydrogen) atoms. The topological polar surface area (TPSA) is 37.3 Å². The summed E-state index contributed by atoms with van der Waals surface area (Å²) >= 11 is 0. The summed E-state index contributed by atoms with van der Waals surface area (Å²) in [4.78, 5) is 10.4. The molecular formula is C24H36O2. The van der Waals surface area contributed by atoms with Crippen molar-refractivity contribution in [2.24, 2.45) is 0 Å². The average molecular weight is 357 g/mol. The highest BCUT2D eigenvalue weighted by atomic mass is 16.4. The quantitative estimate of drug-likeness (QED) is 0.232. The predicted octanol–water partition coefficient (Wildman–Crippen LogP) is 7.33. The van der Waals surface area contributed by atoms with E-state index in [9.17, 15) is 4.79 Å². The zero-order chi connectivity index (χ0) is 19.1. The first kappa shape index (κ1) is 23.9. The van der Waals surface area contributed by atoms with Crippen LogP contribution in [-0.4, -0.2) is 11.1 Å². The molecule has 0 heterocycles. The second-order valence-electron chi connectivity index (χ2n) is 6.05. The molecule has 1 N–H and O–H groups in total. The lowest BCUT2D eigenvalue weighted by molar-refractivity contribution is -0.137. The van der Waals surface area contributed by atoms with Gasteiger partial charge in [-0.1, -0.05) is 79.8 Å². The minimum Gasteiger partial charge on any atom is -0.481 e. The van der Waals surface area contributed by atoms with E-state index >= 15 is 0 Å². The minimum absolute atomic E-state index is 0.280. The van der Waals surface area contributed by atoms with Crippen molar-refractivity contribution >= 4 is 5.97 Å². The van der Waals surface area contributed by atoms with Gasteiger partial charge in [0.25, 0.3) is 0 Å². The first-order chi connectivity index (χ1) is 12.8. The van der Waals surface area contributed by atoms with Gasteiger partial charge in [0.2, 0.25) is 0 Å². The van der Waals surface area contributed by atoms with E-state index in [4.69, 9.17) is 5.11 Å². The molecule has 2 nitrogen and oxygen atoms in total. The van der Waals surface area contributed by atoms with Crippen LogP contribution in [0.2, 0.25) is 0 Å². The molecule has 0 rings (SSSR count). The summed E-state index contributed by atoms with van der Waals surface area (Å²) in [6.07, 6.45) is 35.3. The molecule has 0 unspecified atom stereocenters. The largest absolute Gasteiger partial charge is 0.481 e. The predicted molar refractivity (Wildman–Crippen MR) is 114 cm³/mol. The number of aliphatic carboxylic acids is 1. The molecule has 0 fully saturated rings. The van der Waals surface area contributed by atoms with E-state index in [-0.39, 0.29) is 6.42 Å². The van der Waals surface area contributed by atoms with Crippen molar-refractivity contribution < 1.29 is 9.90 Å². The van der Waals surface area contributed by atoms with Crippen LogP contribution in [0, 0.1) is 0 Å². The van der Waals surface area contributed by atoms with Gasteiger partial charge in [-0.25, -0.2) is 0 Å². The monoisotopic (exact) mass is 356 g/mol. The first-order valence-corrected chi connectivity index (χ1v) is 9.89. The van der Waals surface area contributed by atoms with Crippen LogP contribution >= 0.6 is 0 Å². The fourth-order valence-electron chi connectivity index (χ4n) is 2.18. The maximum Gasteiger partial charge on any atom is 0.303 e. The molecule has 0 aliphatic carbocycles. The zero-order valence-electron chi connectivity index (χ0n) is 16.4. The molecule has 0 aromatic heterocycles. The number of hydrogen-bond donors (Lipinski definition) is 1. The highest BCUT2D eigenvalue weighted by Gasteiger charge is 1.93. The fourth-order valence-corrected chi connectivity index (χ4v) is 2.18. The van der Waals surface area contributed by atoms with Crippen molar-refractivity contribution in [2.75, 3.05) is 0 Å². The average Bonchev–Trinajstić information content (AvgIpc) is 2.62. The SMILES string of the molecule is CC/C=C\C/C=C\C/C=C\C/C=C\C/C=C\C/C=C\CCCCC(=O)O. The van der Waals surface area contributed by atoms with Crippen LogP contribution in [0.25, 0.3) is 0 Å². The Hall–Kier alpha value is -2.09. The standard InChI is InChI=1S/C24H36O2/c1-2-3-4-5-6-7-8-9-10-11-12-13-14-15-16-17-18-19-20-21-22-23-24(25)26/h3-4,6-7,9-10,12-13,15-16,18-19H,2,5,8,11,14,17,20-23H2,1H3,(H,25,26)/b4-3-,7-6-,10-9-,13-12-,16-15-,19-18-. The molecular weight excluding hydrogens is 320 g/mol. The molecule has 0 spiro atoms. The van der Waals surface area contributed by atoms with Gasteiger partial charge in [0, 0.05) is 6.42 Å². The first-order valence-electron chi connectivity index (χ1n) is 9.89. The fraction of sp³-hybridized carbons (Fsp3) is 0.458. The lowest BCUT2D eigenvalue weighted by Gasteiger charge is -1.92. The van der Waals surface area contributed by atoms with E-state index in [0.29, 0.717) is 0 Å². The Morgan fingerprint density at radius 3 is 1.38 bits per heavy atom. The maximum absolute atomic E-state index is 10.4. The number of hydrogen-bond acceptors (Lipinski definition) is 1. The molecule has 0 saturated carbocycles. The third-order valence-corrected chi connectivity index (χ3v) is 3.61. The van der Waals surface area contributed by atoms with Crippen molar-refractivity contribution in [3.8, 4) is 0 Å². The van der Waals surface area contributed by atoms with Crippen LogP contribution in [0.5, 0.6) is 0 Å². The molecule has 0 aromatic carbocycles. The van der Waals surface area contributed by atoms with Crippen molar-refractivity contribution in [3.63, 3.8) is 0 Å². The van der Waals surface area contributed by atoms with Gasteiger partial charge in [0.15, 0.2) is 0 Å². The molecule has 0 aliphatic heterocycles. The number of carboxylic acids is 1. The zero-order valence-corrected chi connectivity index (χ0v) is 16.4. The van der Waals surface area contributed by atoms with Crippen LogP contribution in [0.3, 0.4) is 0 Å². The van der Waals surface area contributed by atoms with E-state index < -0.39 is 5.97 Å². The number of carboxylic acid groups (broad SMARTS) is 1. The number of unbranched alkanes of at least 4 members (excludes halogenated alkanes) is 2. The van der Waals surface area contributed by atoms with E-state index in [1.54, 1.807) is 0 Å². The smallest absolute Gasteiger partial charge is 0.303 e. The van der Waals surface area contributed by atoms with Crippen LogP contribution in [-0.2, 0) is 4.79 Å². The number of allylic oxidation sites excluding steroid dienone is 12. The van der Waals surface area contributed by atoms with Gasteiger partial charge in [-0.05, 0) is 57.8 Å². The molecule has 144 valence electrons. The molecule has 0 saturated heterocycles. The Morgan fingerprint density at radius 1 is 0.615 bits per heavy atom. The maximum atomic E-state index is 10.4. The third kappa shape index (κ3) is 21.9. The van der Waals surface area contributed by atoms with E-state index in [0.717, 1.165) is 57.8 Å². The van der Waals surface area contributed by atoms with Gasteiger partial charge in [0.1, 0.15) is 0 Å². The summed E-state index contributed by atoms with van der Waals surface area (Å²) in [6, 6.07) is 0. The normalized spacial score (nSPS) is 13.0. The Balaban J connectivity index is 3.48. The summed E-state index contributed by atoms with van der Waals surface area (Å²) in [6.45, 7) is 2.15. The second kappa shape index (κ2) is 21.0. The van der Waals surface area contributed by atoms with Gasteiger partial charge in [-0.2, -0.15) is 0 Å². The lowest BCUT2D eigenvalue weighted by Crippen LogP contribution is -1.92. The van der Waals surface area contributed by atoms with Crippen molar-refractivity contribution in [1.29, 1.82) is 0 Å². The molecule has 0 radical (unpaired) electrons. The van der Waals surface area contributed by atoms with Crippen molar-refractivity contribution in [2.45, 2.75) is 71.1 Å². The van der Waals surface area contributed by atoms with Gasteiger partial charge >= 0.3 is 5.97 Å². The summed E-state index contributed by atoms with van der Waals surface area (Å²) in [5.41, 5.74) is 0. The Kier molecular flexibility index (Phi) is 19.3. The van der Waals surface area contributed by atoms with Gasteiger partial charge in [-0.3, -0.25) is 4.79 Å². The van der Waals surface area contributed by atoms with E-state index in [1.165, 1.54) is 0 Å². The summed E-state index contributed by atoms with van der Waals surface area (Å²) in [5.74, 6) is -0.701. The Labute approximate surface area is 160 Å². The van der Waals surface area contributed by atoms with Crippen LogP contribution < -0.4 is 0 Å².